The second kappa shape index (κ2) is 4.87. The van der Waals surface area contributed by atoms with Gasteiger partial charge in [-0.2, -0.15) is 0 Å². The summed E-state index contributed by atoms with van der Waals surface area (Å²) in [5.74, 6) is 1.06. The van der Waals surface area contributed by atoms with E-state index in [0.717, 1.165) is 6.54 Å². The molecule has 0 aliphatic heterocycles. The van der Waals surface area contributed by atoms with Gasteiger partial charge in [-0.15, -0.1) is 0 Å². The van der Waals surface area contributed by atoms with E-state index in [4.69, 9.17) is 28.9 Å². The molecule has 1 rings (SSSR count). The topological polar surface area (TPSA) is 26.0 Å². The molecule has 0 spiro atoms. The van der Waals surface area contributed by atoms with Crippen molar-refractivity contribution in [2.75, 3.05) is 6.54 Å². The molecule has 2 N–H and O–H groups in total. The summed E-state index contributed by atoms with van der Waals surface area (Å²) >= 11 is 11.4. The zero-order chi connectivity index (χ0) is 10.8. The Morgan fingerprint density at radius 3 is 2.57 bits per heavy atom. The lowest BCUT2D eigenvalue weighted by Gasteiger charge is -2.09. The molecule has 1 aliphatic carbocycles. The lowest BCUT2D eigenvalue weighted by Crippen LogP contribution is -2.07. The molecule has 1 nitrogen and oxygen atoms in total. The van der Waals surface area contributed by atoms with E-state index in [1.54, 1.807) is 0 Å². The Morgan fingerprint density at radius 2 is 2.14 bits per heavy atom. The predicted octanol–water partition coefficient (Wildman–Crippen LogP) is 3.71. The summed E-state index contributed by atoms with van der Waals surface area (Å²) in [6, 6.07) is 0. The molecule has 1 saturated carbocycles. The first kappa shape index (κ1) is 12.4. The van der Waals surface area contributed by atoms with E-state index in [0.29, 0.717) is 21.7 Å². The zero-order valence-electron chi connectivity index (χ0n) is 8.89. The smallest absolute Gasteiger partial charge is 0.103 e. The van der Waals surface area contributed by atoms with Gasteiger partial charge < -0.3 is 5.73 Å². The van der Waals surface area contributed by atoms with Crippen LogP contribution in [0.3, 0.4) is 0 Å². The van der Waals surface area contributed by atoms with E-state index >= 15 is 0 Å². The monoisotopic (exact) mass is 235 g/mol. The molecule has 0 amide bonds. The van der Waals surface area contributed by atoms with Gasteiger partial charge in [-0.05, 0) is 30.2 Å². The second-order valence-corrected chi connectivity index (χ2v) is 5.44. The quantitative estimate of drug-likeness (QED) is 0.773. The number of allylic oxidation sites excluding steroid dienone is 1. The van der Waals surface area contributed by atoms with Gasteiger partial charge in [0.2, 0.25) is 0 Å². The number of hydrogen-bond donors (Lipinski definition) is 1. The Bertz CT molecular complexity index is 223. The molecule has 1 aliphatic rings. The van der Waals surface area contributed by atoms with E-state index < -0.39 is 0 Å². The Hall–Kier alpha value is 0.280. The minimum atomic E-state index is 0.347. The number of rotatable bonds is 5. The van der Waals surface area contributed by atoms with Crippen LogP contribution in [0.25, 0.3) is 0 Å². The van der Waals surface area contributed by atoms with Crippen LogP contribution in [0.4, 0.5) is 0 Å². The van der Waals surface area contributed by atoms with Crippen LogP contribution in [0.1, 0.15) is 33.1 Å². The van der Waals surface area contributed by atoms with Crippen LogP contribution in [0, 0.1) is 17.3 Å². The Balaban J connectivity index is 2.57. The van der Waals surface area contributed by atoms with Crippen LogP contribution in [0.5, 0.6) is 0 Å². The second-order valence-electron chi connectivity index (χ2n) is 4.43. The summed E-state index contributed by atoms with van der Waals surface area (Å²) in [6.07, 6.45) is 5.68. The molecule has 0 bridgehead atoms. The van der Waals surface area contributed by atoms with Gasteiger partial charge >= 0.3 is 0 Å². The van der Waals surface area contributed by atoms with Crippen molar-refractivity contribution in [1.29, 1.82) is 0 Å². The lowest BCUT2D eigenvalue weighted by molar-refractivity contribution is 0.433. The van der Waals surface area contributed by atoms with Crippen molar-refractivity contribution in [2.45, 2.75) is 33.1 Å². The average Bonchev–Trinajstić information content (AvgIpc) is 2.67. The van der Waals surface area contributed by atoms with Crippen LogP contribution >= 0.6 is 23.2 Å². The molecular weight excluding hydrogens is 217 g/mol. The summed E-state index contributed by atoms with van der Waals surface area (Å²) in [5.41, 5.74) is 6.08. The number of halogens is 2. The van der Waals surface area contributed by atoms with E-state index in [1.165, 1.54) is 19.3 Å². The molecular formula is C11H19Cl2N. The van der Waals surface area contributed by atoms with Gasteiger partial charge in [0.1, 0.15) is 4.49 Å². The molecule has 0 aromatic rings. The van der Waals surface area contributed by atoms with Crippen LogP contribution in [-0.4, -0.2) is 6.54 Å². The van der Waals surface area contributed by atoms with Crippen LogP contribution in [0.2, 0.25) is 0 Å². The summed E-state index contributed by atoms with van der Waals surface area (Å²) in [7, 11) is 0. The standard InChI is InChI=1S/C11H19Cl2N/c1-3-4-5-11(2)8(6-10(12)13)9(11)7-14/h6,8-9H,3-5,7,14H2,1-2H3. The van der Waals surface area contributed by atoms with E-state index in [9.17, 15) is 0 Å². The van der Waals surface area contributed by atoms with Crippen molar-refractivity contribution in [3.63, 3.8) is 0 Å². The molecule has 0 aromatic heterocycles. The maximum absolute atomic E-state index is 5.73. The molecule has 0 heterocycles. The summed E-state index contributed by atoms with van der Waals surface area (Å²) in [6.45, 7) is 5.24. The largest absolute Gasteiger partial charge is 0.330 e. The van der Waals surface area contributed by atoms with Gasteiger partial charge in [-0.1, -0.05) is 56.0 Å². The third-order valence-electron chi connectivity index (χ3n) is 3.56. The first-order chi connectivity index (χ1) is 6.56. The van der Waals surface area contributed by atoms with Gasteiger partial charge in [-0.25, -0.2) is 0 Å². The van der Waals surface area contributed by atoms with E-state index in [1.807, 2.05) is 6.08 Å². The van der Waals surface area contributed by atoms with Crippen molar-refractivity contribution in [1.82, 2.24) is 0 Å². The molecule has 14 heavy (non-hydrogen) atoms. The SMILES string of the molecule is CCCCC1(C)C(C=C(Cl)Cl)C1CN. The predicted molar refractivity (Wildman–Crippen MR) is 63.5 cm³/mol. The molecule has 3 heteroatoms. The molecule has 1 fully saturated rings. The Kier molecular flexibility index (Phi) is 4.30. The Morgan fingerprint density at radius 1 is 1.50 bits per heavy atom. The molecule has 0 aromatic carbocycles. The number of unbranched alkanes of at least 4 members (excludes halogenated alkanes) is 1. The normalized spacial score (nSPS) is 35.5. The van der Waals surface area contributed by atoms with Crippen LogP contribution in [0.15, 0.2) is 10.6 Å². The van der Waals surface area contributed by atoms with Crippen molar-refractivity contribution >= 4 is 23.2 Å². The number of hydrogen-bond acceptors (Lipinski definition) is 1. The fourth-order valence-electron chi connectivity index (χ4n) is 2.47. The summed E-state index contributed by atoms with van der Waals surface area (Å²) in [5, 5.41) is 0. The molecule has 82 valence electrons. The van der Waals surface area contributed by atoms with Gasteiger partial charge in [0.15, 0.2) is 0 Å². The van der Waals surface area contributed by atoms with Crippen molar-refractivity contribution < 1.29 is 0 Å². The fraction of sp³-hybridized carbons (Fsp3) is 0.818. The van der Waals surface area contributed by atoms with Crippen LogP contribution < -0.4 is 5.73 Å². The van der Waals surface area contributed by atoms with Crippen molar-refractivity contribution in [3.05, 3.63) is 10.6 Å². The first-order valence-electron chi connectivity index (χ1n) is 5.29. The minimum Gasteiger partial charge on any atom is -0.330 e. The zero-order valence-corrected chi connectivity index (χ0v) is 10.4. The maximum Gasteiger partial charge on any atom is 0.103 e. The van der Waals surface area contributed by atoms with E-state index in [2.05, 4.69) is 13.8 Å². The highest BCUT2D eigenvalue weighted by molar-refractivity contribution is 6.55. The van der Waals surface area contributed by atoms with Gasteiger partial charge in [0.25, 0.3) is 0 Å². The maximum atomic E-state index is 5.73. The first-order valence-corrected chi connectivity index (χ1v) is 6.04. The minimum absolute atomic E-state index is 0.347. The average molecular weight is 236 g/mol. The van der Waals surface area contributed by atoms with Gasteiger partial charge in [-0.3, -0.25) is 0 Å². The molecule has 0 radical (unpaired) electrons. The van der Waals surface area contributed by atoms with Crippen LogP contribution in [-0.2, 0) is 0 Å². The third-order valence-corrected chi connectivity index (χ3v) is 3.81. The highest BCUT2D eigenvalue weighted by Crippen LogP contribution is 2.62. The number of nitrogens with two attached hydrogens (primary N) is 1. The summed E-state index contributed by atoms with van der Waals surface area (Å²) in [4.78, 5) is 0. The molecule has 3 atom stereocenters. The van der Waals surface area contributed by atoms with Gasteiger partial charge in [0, 0.05) is 0 Å². The Labute approximate surface area is 96.6 Å². The van der Waals surface area contributed by atoms with Crippen molar-refractivity contribution in [3.8, 4) is 0 Å². The highest BCUT2D eigenvalue weighted by atomic mass is 35.5. The van der Waals surface area contributed by atoms with E-state index in [-0.39, 0.29) is 0 Å². The third kappa shape index (κ3) is 2.44. The van der Waals surface area contributed by atoms with Gasteiger partial charge in [0.05, 0.1) is 0 Å². The highest BCUT2D eigenvalue weighted by Gasteiger charge is 2.57. The molecule has 3 unspecified atom stereocenters. The van der Waals surface area contributed by atoms with Crippen molar-refractivity contribution in [2.24, 2.45) is 23.0 Å². The molecule has 0 saturated heterocycles. The lowest BCUT2D eigenvalue weighted by atomic mass is 9.97. The summed E-state index contributed by atoms with van der Waals surface area (Å²) < 4.78 is 0.383. The fourth-order valence-corrected chi connectivity index (χ4v) is 2.74.